The molecule has 0 radical (unpaired) electrons. The lowest BCUT2D eigenvalue weighted by Crippen LogP contribution is -2.48. The van der Waals surface area contributed by atoms with Crippen LogP contribution < -0.4 is 16.4 Å². The summed E-state index contributed by atoms with van der Waals surface area (Å²) in [7, 11) is 0. The summed E-state index contributed by atoms with van der Waals surface area (Å²) < 4.78 is 5.21. The molecule has 2 amide bonds. The highest BCUT2D eigenvalue weighted by atomic mass is 35.5. The number of nitrogens with one attached hydrogen (secondary N) is 2. The highest BCUT2D eigenvalue weighted by Gasteiger charge is 2.20. The van der Waals surface area contributed by atoms with Gasteiger partial charge in [-0.1, -0.05) is 0 Å². The van der Waals surface area contributed by atoms with Gasteiger partial charge in [-0.05, 0) is 24.3 Å². The summed E-state index contributed by atoms with van der Waals surface area (Å²) >= 11 is 0. The van der Waals surface area contributed by atoms with Crippen LogP contribution in [0.4, 0.5) is 5.69 Å². The van der Waals surface area contributed by atoms with Gasteiger partial charge in [0.2, 0.25) is 11.8 Å². The summed E-state index contributed by atoms with van der Waals surface area (Å²) in [6.07, 6.45) is 0. The zero-order chi connectivity index (χ0) is 13.0. The van der Waals surface area contributed by atoms with Crippen molar-refractivity contribution in [1.29, 1.82) is 0 Å². The van der Waals surface area contributed by atoms with E-state index in [1.807, 2.05) is 0 Å². The second-order valence-corrected chi connectivity index (χ2v) is 4.01. The molecular formula is C12H16ClN3O3. The van der Waals surface area contributed by atoms with Crippen molar-refractivity contribution in [3.63, 3.8) is 0 Å². The zero-order valence-corrected chi connectivity index (χ0v) is 11.0. The fraction of sp³-hybridized carbons (Fsp3) is 0.333. The summed E-state index contributed by atoms with van der Waals surface area (Å²) in [4.78, 5) is 22.7. The predicted molar refractivity (Wildman–Crippen MR) is 73.4 cm³/mol. The maximum absolute atomic E-state index is 11.8. The fourth-order valence-corrected chi connectivity index (χ4v) is 1.68. The Bertz CT molecular complexity index is 444. The van der Waals surface area contributed by atoms with E-state index in [2.05, 4.69) is 10.6 Å². The van der Waals surface area contributed by atoms with Crippen LogP contribution in [0, 0.1) is 0 Å². The van der Waals surface area contributed by atoms with Crippen molar-refractivity contribution in [3.8, 4) is 0 Å². The number of ether oxygens (including phenoxy) is 1. The van der Waals surface area contributed by atoms with E-state index in [0.717, 1.165) is 0 Å². The van der Waals surface area contributed by atoms with Gasteiger partial charge in [-0.15, -0.1) is 12.4 Å². The number of carbonyl (C=O) groups excluding carboxylic acids is 2. The Kier molecular flexibility index (Phi) is 5.75. The smallest absolute Gasteiger partial charge is 0.248 e. The third kappa shape index (κ3) is 4.20. The first kappa shape index (κ1) is 15.4. The third-order valence-corrected chi connectivity index (χ3v) is 2.68. The lowest BCUT2D eigenvalue weighted by atomic mass is 10.2. The van der Waals surface area contributed by atoms with E-state index in [4.69, 9.17) is 10.5 Å². The molecule has 0 spiro atoms. The Morgan fingerprint density at radius 2 is 2.00 bits per heavy atom. The fourth-order valence-electron chi connectivity index (χ4n) is 1.68. The van der Waals surface area contributed by atoms with Gasteiger partial charge < -0.3 is 21.1 Å². The van der Waals surface area contributed by atoms with Crippen molar-refractivity contribution >= 4 is 29.9 Å². The van der Waals surface area contributed by atoms with Crippen molar-refractivity contribution in [1.82, 2.24) is 5.32 Å². The van der Waals surface area contributed by atoms with Crippen LogP contribution in [0.5, 0.6) is 0 Å². The monoisotopic (exact) mass is 285 g/mol. The van der Waals surface area contributed by atoms with Crippen molar-refractivity contribution in [2.24, 2.45) is 5.73 Å². The molecule has 1 aliphatic rings. The quantitative estimate of drug-likeness (QED) is 0.736. The maximum Gasteiger partial charge on any atom is 0.248 e. The number of benzene rings is 1. The molecule has 0 saturated carbocycles. The summed E-state index contributed by atoms with van der Waals surface area (Å²) in [5, 5.41) is 5.80. The van der Waals surface area contributed by atoms with Gasteiger partial charge in [0, 0.05) is 17.8 Å². The first-order valence-electron chi connectivity index (χ1n) is 5.68. The SMILES string of the molecule is Cl.NC(=O)c1ccc(NC(=O)C2COCCN2)cc1. The molecule has 0 aromatic heterocycles. The van der Waals surface area contributed by atoms with Crippen LogP contribution in [0.15, 0.2) is 24.3 Å². The van der Waals surface area contributed by atoms with Crippen LogP contribution in [0.3, 0.4) is 0 Å². The molecule has 4 N–H and O–H groups in total. The lowest BCUT2D eigenvalue weighted by molar-refractivity contribution is -0.120. The Morgan fingerprint density at radius 3 is 2.53 bits per heavy atom. The van der Waals surface area contributed by atoms with Gasteiger partial charge in [-0.25, -0.2) is 0 Å². The van der Waals surface area contributed by atoms with Crippen molar-refractivity contribution in [2.45, 2.75) is 6.04 Å². The summed E-state index contributed by atoms with van der Waals surface area (Å²) in [5.74, 6) is -0.642. The molecule has 1 aliphatic heterocycles. The molecular weight excluding hydrogens is 270 g/mol. The Hall–Kier alpha value is -1.63. The molecule has 1 unspecified atom stereocenters. The zero-order valence-electron chi connectivity index (χ0n) is 10.2. The molecule has 104 valence electrons. The minimum atomic E-state index is -0.491. The van der Waals surface area contributed by atoms with Gasteiger partial charge in [-0.2, -0.15) is 0 Å². The standard InChI is InChI=1S/C12H15N3O3.ClH/c13-11(16)8-1-3-9(4-2-8)15-12(17)10-7-18-6-5-14-10;/h1-4,10,14H,5-7H2,(H2,13,16)(H,15,17);1H. The van der Waals surface area contributed by atoms with Crippen LogP contribution in [-0.4, -0.2) is 37.6 Å². The molecule has 0 bridgehead atoms. The summed E-state index contributed by atoms with van der Waals surface area (Å²) in [5.41, 5.74) is 6.16. The topological polar surface area (TPSA) is 93.5 Å². The number of halogens is 1. The van der Waals surface area contributed by atoms with Crippen LogP contribution >= 0.6 is 12.4 Å². The predicted octanol–water partition coefficient (Wildman–Crippen LogP) is 0.134. The van der Waals surface area contributed by atoms with Crippen LogP contribution in [0.1, 0.15) is 10.4 Å². The number of hydrogen-bond acceptors (Lipinski definition) is 4. The van der Waals surface area contributed by atoms with Gasteiger partial charge in [-0.3, -0.25) is 9.59 Å². The highest BCUT2D eigenvalue weighted by molar-refractivity contribution is 5.96. The first-order valence-corrected chi connectivity index (χ1v) is 5.68. The van der Waals surface area contributed by atoms with Gasteiger partial charge in [0.1, 0.15) is 6.04 Å². The molecule has 7 heteroatoms. The molecule has 1 fully saturated rings. The summed E-state index contributed by atoms with van der Waals surface area (Å²) in [6, 6.07) is 6.09. The second-order valence-electron chi connectivity index (χ2n) is 4.01. The number of nitrogens with two attached hydrogens (primary N) is 1. The van der Waals surface area contributed by atoms with E-state index in [0.29, 0.717) is 31.0 Å². The van der Waals surface area contributed by atoms with Crippen LogP contribution in [0.2, 0.25) is 0 Å². The molecule has 6 nitrogen and oxygen atoms in total. The Morgan fingerprint density at radius 1 is 1.32 bits per heavy atom. The number of morpholine rings is 1. The number of amides is 2. The first-order chi connectivity index (χ1) is 8.66. The van der Waals surface area contributed by atoms with E-state index >= 15 is 0 Å². The van der Waals surface area contributed by atoms with E-state index in [1.165, 1.54) is 0 Å². The minimum Gasteiger partial charge on any atom is -0.378 e. The van der Waals surface area contributed by atoms with Gasteiger partial charge >= 0.3 is 0 Å². The number of primary amides is 1. The molecule has 19 heavy (non-hydrogen) atoms. The number of carbonyl (C=O) groups is 2. The highest BCUT2D eigenvalue weighted by Crippen LogP contribution is 2.10. The number of rotatable bonds is 3. The number of anilines is 1. The largest absolute Gasteiger partial charge is 0.378 e. The molecule has 1 atom stereocenters. The Labute approximate surface area is 117 Å². The minimum absolute atomic E-state index is 0. The van der Waals surface area contributed by atoms with Crippen LogP contribution in [0.25, 0.3) is 0 Å². The van der Waals surface area contributed by atoms with Crippen molar-refractivity contribution in [3.05, 3.63) is 29.8 Å². The lowest BCUT2D eigenvalue weighted by Gasteiger charge is -2.22. The second kappa shape index (κ2) is 7.08. The van der Waals surface area contributed by atoms with Gasteiger partial charge in [0.15, 0.2) is 0 Å². The van der Waals surface area contributed by atoms with Gasteiger partial charge in [0.05, 0.1) is 13.2 Å². The third-order valence-electron chi connectivity index (χ3n) is 2.68. The van der Waals surface area contributed by atoms with E-state index in [-0.39, 0.29) is 24.4 Å². The van der Waals surface area contributed by atoms with Crippen molar-refractivity contribution in [2.75, 3.05) is 25.1 Å². The molecule has 1 aromatic carbocycles. The molecule has 1 saturated heterocycles. The van der Waals surface area contributed by atoms with E-state index in [9.17, 15) is 9.59 Å². The molecule has 0 aliphatic carbocycles. The average molecular weight is 286 g/mol. The molecule has 2 rings (SSSR count). The molecule has 1 aromatic rings. The van der Waals surface area contributed by atoms with Crippen molar-refractivity contribution < 1.29 is 14.3 Å². The van der Waals surface area contributed by atoms with Gasteiger partial charge in [0.25, 0.3) is 0 Å². The summed E-state index contributed by atoms with van der Waals surface area (Å²) in [6.45, 7) is 1.65. The normalized spacial score (nSPS) is 18.2. The van der Waals surface area contributed by atoms with E-state index in [1.54, 1.807) is 24.3 Å². The number of hydrogen-bond donors (Lipinski definition) is 3. The average Bonchev–Trinajstić information content (AvgIpc) is 2.40. The Balaban J connectivity index is 0.00000180. The maximum atomic E-state index is 11.8. The van der Waals surface area contributed by atoms with Crippen LogP contribution in [-0.2, 0) is 9.53 Å². The van der Waals surface area contributed by atoms with E-state index < -0.39 is 5.91 Å². The molecule has 1 heterocycles.